The molecule has 2 atom stereocenters. The van der Waals surface area contributed by atoms with Crippen molar-refractivity contribution in [1.29, 1.82) is 0 Å². The van der Waals surface area contributed by atoms with Gasteiger partial charge in [0.1, 0.15) is 17.2 Å². The molecule has 2 heterocycles. The van der Waals surface area contributed by atoms with E-state index in [4.69, 9.17) is 4.74 Å². The van der Waals surface area contributed by atoms with Gasteiger partial charge in [0.2, 0.25) is 0 Å². The highest BCUT2D eigenvalue weighted by atomic mass is 79.9. The van der Waals surface area contributed by atoms with Crippen LogP contribution in [0.5, 0.6) is 0 Å². The molecule has 182 valence electrons. The van der Waals surface area contributed by atoms with Gasteiger partial charge in [-0.15, -0.1) is 0 Å². The number of benzene rings is 2. The van der Waals surface area contributed by atoms with E-state index in [9.17, 15) is 14.0 Å². The number of methoxy groups -OCH3 is 1. The van der Waals surface area contributed by atoms with Gasteiger partial charge in [0.25, 0.3) is 11.5 Å². The molecular weight excluding hydrogens is 518 g/mol. The van der Waals surface area contributed by atoms with Crippen molar-refractivity contribution in [2.75, 3.05) is 7.11 Å². The van der Waals surface area contributed by atoms with E-state index in [0.29, 0.717) is 41.3 Å². The summed E-state index contributed by atoms with van der Waals surface area (Å²) < 4.78 is 37.0. The number of amides is 1. The van der Waals surface area contributed by atoms with Crippen LogP contribution >= 0.6 is 15.9 Å². The number of aromatic nitrogens is 1. The first-order valence-corrected chi connectivity index (χ1v) is 12.4. The predicted molar refractivity (Wildman–Crippen MR) is 132 cm³/mol. The van der Waals surface area contributed by atoms with Gasteiger partial charge < -0.3 is 14.6 Å². The first-order valence-electron chi connectivity index (χ1n) is 11.6. The smallest absolute Gasteiger partial charge is 0.265 e. The molecule has 35 heavy (non-hydrogen) atoms. The van der Waals surface area contributed by atoms with Gasteiger partial charge in [-0.2, -0.15) is 0 Å². The molecule has 0 unspecified atom stereocenters. The minimum absolute atomic E-state index is 0.184. The van der Waals surface area contributed by atoms with Crippen LogP contribution in [0.15, 0.2) is 63.9 Å². The van der Waals surface area contributed by atoms with E-state index in [1.807, 2.05) is 6.07 Å². The Kier molecular flexibility index (Phi) is 6.36. The molecule has 0 radical (unpaired) electrons. The molecule has 0 bridgehead atoms. The summed E-state index contributed by atoms with van der Waals surface area (Å²) >= 11 is 3.32. The molecule has 1 aliphatic heterocycles. The fraction of sp³-hybridized carbons (Fsp3) is 0.333. The Bertz CT molecular complexity index is 1350. The second-order valence-electron chi connectivity index (χ2n) is 9.23. The van der Waals surface area contributed by atoms with E-state index in [-0.39, 0.29) is 29.5 Å². The highest BCUT2D eigenvalue weighted by molar-refractivity contribution is 9.10. The summed E-state index contributed by atoms with van der Waals surface area (Å²) in [7, 11) is 1.52. The van der Waals surface area contributed by atoms with E-state index < -0.39 is 23.3 Å². The third-order valence-corrected chi connectivity index (χ3v) is 7.73. The normalized spacial score (nSPS) is 20.2. The van der Waals surface area contributed by atoms with E-state index in [1.165, 1.54) is 19.2 Å². The first kappa shape index (κ1) is 23.9. The van der Waals surface area contributed by atoms with Crippen molar-refractivity contribution in [3.8, 4) is 11.1 Å². The molecule has 1 fully saturated rings. The number of rotatable bonds is 6. The summed E-state index contributed by atoms with van der Waals surface area (Å²) in [5.74, 6) is -1.11. The molecular formula is C27H25BrF2N2O3. The minimum Gasteiger partial charge on any atom is -0.368 e. The number of carbonyl (C=O) groups excluding carboxylic acids is 1. The zero-order valence-corrected chi connectivity index (χ0v) is 20.8. The van der Waals surface area contributed by atoms with Crippen LogP contribution < -0.4 is 10.9 Å². The van der Waals surface area contributed by atoms with Crippen molar-refractivity contribution >= 4 is 21.8 Å². The second-order valence-corrected chi connectivity index (χ2v) is 10.1. The Hall–Kier alpha value is -2.84. The molecule has 5 rings (SSSR count). The lowest BCUT2D eigenvalue weighted by molar-refractivity contribution is -0.134. The fourth-order valence-electron chi connectivity index (χ4n) is 4.99. The topological polar surface area (TPSA) is 60.3 Å². The molecule has 2 aromatic carbocycles. The molecule has 8 heteroatoms. The number of carbonyl (C=O) groups is 1. The number of nitrogens with one attached hydrogen (secondary N) is 1. The van der Waals surface area contributed by atoms with Crippen molar-refractivity contribution in [1.82, 2.24) is 9.88 Å². The maximum atomic E-state index is 15.7. The van der Waals surface area contributed by atoms with Crippen LogP contribution in [0.1, 0.15) is 36.6 Å². The summed E-state index contributed by atoms with van der Waals surface area (Å²) in [6.07, 6.45) is 2.71. The number of halogens is 3. The lowest BCUT2D eigenvalue weighted by Gasteiger charge is -2.36. The highest BCUT2D eigenvalue weighted by Gasteiger charge is 2.51. The molecule has 0 spiro atoms. The molecule has 1 N–H and O–H groups in total. The van der Waals surface area contributed by atoms with Crippen molar-refractivity contribution < 1.29 is 18.3 Å². The number of nitrogens with zero attached hydrogens (tertiary/aromatic N) is 1. The number of pyridine rings is 1. The average Bonchev–Trinajstić information content (AvgIpc) is 3.65. The number of fused-ring (bicyclic) bond motifs is 1. The Balaban J connectivity index is 1.54. The van der Waals surface area contributed by atoms with Crippen LogP contribution in [0.4, 0.5) is 8.78 Å². The lowest BCUT2D eigenvalue weighted by atomic mass is 9.89. The average molecular weight is 543 g/mol. The van der Waals surface area contributed by atoms with E-state index in [1.54, 1.807) is 41.0 Å². The zero-order chi connectivity index (χ0) is 24.7. The number of aryl methyl sites for hydroxylation is 1. The summed E-state index contributed by atoms with van der Waals surface area (Å²) in [5.41, 5.74) is 0.925. The summed E-state index contributed by atoms with van der Waals surface area (Å²) in [6.45, 7) is 0. The monoisotopic (exact) mass is 542 g/mol. The van der Waals surface area contributed by atoms with E-state index >= 15 is 4.39 Å². The SMILES string of the molecule is COC1(C(=O)N[C@H]2CCc3ccc(Br)c(=O)n3[C@H]2Cc2cccc(-c3cccc(F)c3)c2F)CC1. The number of hydrogen-bond donors (Lipinski definition) is 1. The highest BCUT2D eigenvalue weighted by Crippen LogP contribution is 2.40. The number of hydrogen-bond acceptors (Lipinski definition) is 3. The quantitative estimate of drug-likeness (QED) is 0.479. The first-order chi connectivity index (χ1) is 16.8. The van der Waals surface area contributed by atoms with Gasteiger partial charge in [-0.3, -0.25) is 9.59 Å². The van der Waals surface area contributed by atoms with Gasteiger partial charge in [0.05, 0.1) is 16.6 Å². The second kappa shape index (κ2) is 9.32. The van der Waals surface area contributed by atoms with Crippen molar-refractivity contribution in [3.63, 3.8) is 0 Å². The van der Waals surface area contributed by atoms with E-state index in [0.717, 1.165) is 5.69 Å². The maximum Gasteiger partial charge on any atom is 0.265 e. The Morgan fingerprint density at radius 2 is 1.94 bits per heavy atom. The zero-order valence-electron chi connectivity index (χ0n) is 19.2. The van der Waals surface area contributed by atoms with Crippen LogP contribution in [-0.4, -0.2) is 29.2 Å². The Morgan fingerprint density at radius 1 is 1.17 bits per heavy atom. The predicted octanol–water partition coefficient (Wildman–Crippen LogP) is 4.95. The minimum atomic E-state index is -0.810. The Morgan fingerprint density at radius 3 is 2.66 bits per heavy atom. The van der Waals surface area contributed by atoms with Crippen LogP contribution in [0.2, 0.25) is 0 Å². The van der Waals surface area contributed by atoms with Gasteiger partial charge in [-0.05, 0) is 83.4 Å². The van der Waals surface area contributed by atoms with E-state index in [2.05, 4.69) is 21.2 Å². The summed E-state index contributed by atoms with van der Waals surface area (Å²) in [6, 6.07) is 13.5. The third-order valence-electron chi connectivity index (χ3n) is 7.13. The van der Waals surface area contributed by atoms with Crippen LogP contribution in [-0.2, 0) is 22.4 Å². The van der Waals surface area contributed by atoms with Crippen molar-refractivity contribution in [2.24, 2.45) is 0 Å². The number of ether oxygens (including phenoxy) is 1. The van der Waals surface area contributed by atoms with Gasteiger partial charge in [0, 0.05) is 18.4 Å². The van der Waals surface area contributed by atoms with Crippen molar-refractivity contribution in [2.45, 2.75) is 49.8 Å². The summed E-state index contributed by atoms with van der Waals surface area (Å²) in [4.78, 5) is 26.1. The molecule has 0 saturated heterocycles. The Labute approximate surface area is 210 Å². The van der Waals surface area contributed by atoms with Crippen LogP contribution in [0, 0.1) is 11.6 Å². The van der Waals surface area contributed by atoms with Gasteiger partial charge in [-0.25, -0.2) is 8.78 Å². The van der Waals surface area contributed by atoms with Crippen molar-refractivity contribution in [3.05, 3.63) is 92.3 Å². The van der Waals surface area contributed by atoms with Gasteiger partial charge >= 0.3 is 0 Å². The van der Waals surface area contributed by atoms with Gasteiger partial charge in [0.15, 0.2) is 0 Å². The molecule has 1 amide bonds. The molecule has 3 aromatic rings. The van der Waals surface area contributed by atoms with Gasteiger partial charge in [-0.1, -0.05) is 30.3 Å². The lowest BCUT2D eigenvalue weighted by Crippen LogP contribution is -2.51. The molecule has 1 aliphatic carbocycles. The third kappa shape index (κ3) is 4.45. The molecule has 1 saturated carbocycles. The summed E-state index contributed by atoms with van der Waals surface area (Å²) in [5, 5.41) is 3.09. The standard InChI is InChI=1S/C27H25BrF2N2O3/c1-35-27(12-13-27)26(34)31-22-11-9-19-8-10-21(28)25(33)32(19)23(22)15-17-5-3-7-20(24(17)30)16-4-2-6-18(29)14-16/h2-8,10,14,22-23H,9,11-13,15H2,1H3,(H,31,34)/t22-,23-/m0/s1. The molecule has 2 aliphatic rings. The van der Waals surface area contributed by atoms with Crippen LogP contribution in [0.25, 0.3) is 11.1 Å². The molecule has 5 nitrogen and oxygen atoms in total. The van der Waals surface area contributed by atoms with Crippen LogP contribution in [0.3, 0.4) is 0 Å². The molecule has 1 aromatic heterocycles. The maximum absolute atomic E-state index is 15.7. The largest absolute Gasteiger partial charge is 0.368 e. The fourth-order valence-corrected chi connectivity index (χ4v) is 5.31.